The minimum Gasteiger partial charge on any atom is -0.480 e. The molecule has 0 saturated heterocycles. The van der Waals surface area contributed by atoms with E-state index in [4.69, 9.17) is 15.0 Å². The monoisotopic (exact) mass is 106 g/mol. The minimum absolute atomic E-state index is 0.953. The van der Waals surface area contributed by atoms with Gasteiger partial charge in [0.1, 0.15) is 6.02 Å². The number of carboxylic acid groups (broad SMARTS) is 1. The van der Waals surface area contributed by atoms with Crippen LogP contribution in [0.2, 0.25) is 0 Å². The molecule has 0 aromatic heterocycles. The summed E-state index contributed by atoms with van der Waals surface area (Å²) >= 11 is 0. The third-order valence-corrected chi connectivity index (χ3v) is 0.500. The minimum atomic E-state index is -2.56. The smallest absolute Gasteiger partial charge is 0.320 e. The normalized spacial score (nSPS) is 26.3. The molecule has 0 spiro atoms. The van der Waals surface area contributed by atoms with Crippen LogP contribution in [0.15, 0.2) is 0 Å². The highest BCUT2D eigenvalue weighted by Gasteiger charge is 2.05. The summed E-state index contributed by atoms with van der Waals surface area (Å²) in [5, 5.41) is 8.22. The summed E-state index contributed by atoms with van der Waals surface area (Å²) in [4.78, 5) is 10.1. The molecule has 0 unspecified atom stereocenters. The highest BCUT2D eigenvalue weighted by atomic mass is 16.4. The Bertz CT molecular complexity index is 151. The van der Waals surface area contributed by atoms with E-state index >= 15 is 0 Å². The first-order chi connectivity index (χ1) is 4.19. The van der Waals surface area contributed by atoms with Crippen LogP contribution in [0.4, 0.5) is 0 Å². The summed E-state index contributed by atoms with van der Waals surface area (Å²) in [6, 6.07) is -2.56. The molecule has 0 radical (unpaired) electrons. The molecule has 0 amide bonds. The number of aliphatic carboxylic acids is 1. The number of carbonyl (C=O) groups is 1. The third kappa shape index (κ3) is 2.17. The molecule has 0 heterocycles. The fourth-order valence-corrected chi connectivity index (χ4v) is 0.107. The zero-order valence-electron chi connectivity index (χ0n) is 6.93. The lowest BCUT2D eigenvalue weighted by Crippen LogP contribution is -2.28. The second-order valence-electron chi connectivity index (χ2n) is 0.969. The van der Waals surface area contributed by atoms with E-state index in [-0.39, 0.29) is 0 Å². The first kappa shape index (κ1) is 2.67. The van der Waals surface area contributed by atoms with Gasteiger partial charge in [0.05, 0.1) is 1.37 Å². The van der Waals surface area contributed by atoms with Crippen LogP contribution in [0.3, 0.4) is 0 Å². The first-order valence-corrected chi connectivity index (χ1v) is 1.72. The van der Waals surface area contributed by atoms with Crippen LogP contribution < -0.4 is 5.73 Å². The standard InChI is InChI=1S/C4H9NO2/c1-2-3(5)4(6)7/h3H,2,5H2,1H3,(H,6,7)/t3-/m1/s1/i2D2,3D. The van der Waals surface area contributed by atoms with Crippen LogP contribution in [-0.4, -0.2) is 17.1 Å². The summed E-state index contributed by atoms with van der Waals surface area (Å²) in [5.41, 5.74) is 4.83. The third-order valence-electron chi connectivity index (χ3n) is 0.500. The van der Waals surface area contributed by atoms with Crippen molar-refractivity contribution >= 4 is 5.97 Å². The maximum absolute atomic E-state index is 10.1. The summed E-state index contributed by atoms with van der Waals surface area (Å²) in [5.74, 6) is -1.67. The number of hydrogen-bond acceptors (Lipinski definition) is 2. The molecule has 3 nitrogen and oxygen atoms in total. The maximum Gasteiger partial charge on any atom is 0.320 e. The molecule has 3 N–H and O–H groups in total. The van der Waals surface area contributed by atoms with Crippen molar-refractivity contribution in [2.45, 2.75) is 19.3 Å². The number of carboxylic acids is 1. The van der Waals surface area contributed by atoms with Crippen molar-refractivity contribution < 1.29 is 14.0 Å². The average Bonchev–Trinajstić information content (AvgIpc) is 1.62. The van der Waals surface area contributed by atoms with E-state index in [1.54, 1.807) is 0 Å². The molecule has 7 heavy (non-hydrogen) atoms. The molecule has 0 aliphatic rings. The average molecular weight is 106 g/mol. The van der Waals surface area contributed by atoms with Crippen molar-refractivity contribution in [2.24, 2.45) is 5.73 Å². The van der Waals surface area contributed by atoms with E-state index in [9.17, 15) is 4.79 Å². The Morgan fingerprint density at radius 2 is 2.86 bits per heavy atom. The van der Waals surface area contributed by atoms with Gasteiger partial charge in [-0.15, -0.1) is 0 Å². The van der Waals surface area contributed by atoms with Crippen LogP contribution in [0.5, 0.6) is 0 Å². The van der Waals surface area contributed by atoms with Gasteiger partial charge in [0.2, 0.25) is 0 Å². The maximum atomic E-state index is 10.1. The summed E-state index contributed by atoms with van der Waals surface area (Å²) in [6.07, 6.45) is -2.24. The molecule has 0 aromatic rings. The Morgan fingerprint density at radius 1 is 2.43 bits per heavy atom. The Balaban J connectivity index is 4.57. The SMILES string of the molecule is [2H]C([2H])(C)[C@@]([2H])(N)C(=O)O. The van der Waals surface area contributed by atoms with Gasteiger partial charge in [-0.1, -0.05) is 6.92 Å². The molecule has 0 saturated carbocycles. The predicted octanol–water partition coefficient (Wildman–Crippen LogP) is -0.192. The van der Waals surface area contributed by atoms with Crippen molar-refractivity contribution in [1.29, 1.82) is 0 Å². The van der Waals surface area contributed by atoms with Gasteiger partial charge < -0.3 is 10.8 Å². The molecule has 0 rings (SSSR count). The Labute approximate surface area is 46.3 Å². The van der Waals surface area contributed by atoms with E-state index in [1.807, 2.05) is 0 Å². The lowest BCUT2D eigenvalue weighted by Gasteiger charge is -1.97. The fourth-order valence-electron chi connectivity index (χ4n) is 0.107. The van der Waals surface area contributed by atoms with Crippen LogP contribution in [0.25, 0.3) is 0 Å². The summed E-state index contributed by atoms with van der Waals surface area (Å²) < 4.78 is 20.5. The Kier molecular flexibility index (Phi) is 0.982. The van der Waals surface area contributed by atoms with Crippen LogP contribution in [0.1, 0.15) is 17.4 Å². The summed E-state index contributed by atoms with van der Waals surface area (Å²) in [6.45, 7) is 0.953. The van der Waals surface area contributed by atoms with Crippen LogP contribution >= 0.6 is 0 Å². The quantitative estimate of drug-likeness (QED) is 0.512. The van der Waals surface area contributed by atoms with Crippen molar-refractivity contribution in [3.05, 3.63) is 0 Å². The van der Waals surface area contributed by atoms with Crippen molar-refractivity contribution in [2.75, 3.05) is 0 Å². The number of hydrogen-bond donors (Lipinski definition) is 2. The highest BCUT2D eigenvalue weighted by Crippen LogP contribution is 1.82. The molecule has 1 atom stereocenters. The van der Waals surface area contributed by atoms with E-state index in [0.717, 1.165) is 6.92 Å². The fraction of sp³-hybridized carbons (Fsp3) is 0.750. The molecule has 0 bridgehead atoms. The zero-order valence-corrected chi connectivity index (χ0v) is 3.93. The van der Waals surface area contributed by atoms with E-state index in [2.05, 4.69) is 0 Å². The van der Waals surface area contributed by atoms with Crippen molar-refractivity contribution in [1.82, 2.24) is 0 Å². The van der Waals surface area contributed by atoms with Crippen LogP contribution in [0, 0.1) is 0 Å². The van der Waals surface area contributed by atoms with E-state index in [0.29, 0.717) is 0 Å². The van der Waals surface area contributed by atoms with Gasteiger partial charge in [-0.05, 0) is 6.37 Å². The Hall–Kier alpha value is -0.570. The van der Waals surface area contributed by atoms with Crippen molar-refractivity contribution in [3.8, 4) is 0 Å². The van der Waals surface area contributed by atoms with Gasteiger partial charge in [-0.2, -0.15) is 0 Å². The lowest BCUT2D eigenvalue weighted by atomic mass is 10.2. The molecular formula is C4H9NO2. The molecule has 42 valence electrons. The molecule has 0 aromatic carbocycles. The number of rotatable bonds is 2. The van der Waals surface area contributed by atoms with Gasteiger partial charge in [0.15, 0.2) is 0 Å². The van der Waals surface area contributed by atoms with Gasteiger partial charge in [0, 0.05) is 2.74 Å². The van der Waals surface area contributed by atoms with E-state index in [1.165, 1.54) is 0 Å². The molecule has 0 fully saturated rings. The lowest BCUT2D eigenvalue weighted by molar-refractivity contribution is -0.138. The molecule has 3 heteroatoms. The number of nitrogens with two attached hydrogens (primary N) is 1. The van der Waals surface area contributed by atoms with Gasteiger partial charge in [-0.3, -0.25) is 4.79 Å². The highest BCUT2D eigenvalue weighted by molar-refractivity contribution is 5.72. The van der Waals surface area contributed by atoms with Gasteiger partial charge in [0.25, 0.3) is 0 Å². The van der Waals surface area contributed by atoms with Crippen molar-refractivity contribution in [3.63, 3.8) is 0 Å². The van der Waals surface area contributed by atoms with Crippen LogP contribution in [-0.2, 0) is 4.79 Å². The topological polar surface area (TPSA) is 63.3 Å². The first-order valence-electron chi connectivity index (χ1n) is 3.22. The van der Waals surface area contributed by atoms with E-state index < -0.39 is 18.4 Å². The van der Waals surface area contributed by atoms with Gasteiger partial charge >= 0.3 is 5.97 Å². The second-order valence-corrected chi connectivity index (χ2v) is 0.969. The molecular weight excluding hydrogens is 94.0 g/mol. The van der Waals surface area contributed by atoms with Gasteiger partial charge in [-0.25, -0.2) is 0 Å². The molecule has 0 aliphatic carbocycles. The summed E-state index contributed by atoms with van der Waals surface area (Å²) in [7, 11) is 0. The predicted molar refractivity (Wildman–Crippen MR) is 25.9 cm³/mol. The second kappa shape index (κ2) is 2.58. The largest absolute Gasteiger partial charge is 0.480 e. The molecule has 0 aliphatic heterocycles. The zero-order chi connectivity index (χ0) is 8.58. The Morgan fingerprint density at radius 3 is 2.86 bits per heavy atom.